The molecular weight excluding hydrogens is 507 g/mol. The highest BCUT2D eigenvalue weighted by atomic mass is 127. The van der Waals surface area contributed by atoms with E-state index in [0.29, 0.717) is 0 Å². The van der Waals surface area contributed by atoms with Crippen LogP contribution < -0.4 is 0 Å². The topological polar surface area (TPSA) is 17.1 Å². The monoisotopic (exact) mass is 520 g/mol. The number of allylic oxidation sites excluding steroid dienone is 4. The fourth-order valence-corrected chi connectivity index (χ4v) is 7.19. The largest absolute Gasteiger partial charge is 0.295 e. The standard InChI is InChI=1S/C17H15Br2IO/c1-10(21)15-6-12-4-5-14-8-17(19)13(9-20-14)3-2-11(15)7-16(12)18/h6-9H,2-5H2,1H3. The van der Waals surface area contributed by atoms with Crippen molar-refractivity contribution < 1.29 is 4.79 Å². The van der Waals surface area contributed by atoms with E-state index in [9.17, 15) is 4.79 Å². The van der Waals surface area contributed by atoms with Crippen LogP contribution in [0.5, 0.6) is 0 Å². The van der Waals surface area contributed by atoms with Crippen LogP contribution in [-0.4, -0.2) is 9.79 Å². The number of Topliss-reactive ketones (excluding diaryl/α,β-unsaturated/α-hetero) is 1. The summed E-state index contributed by atoms with van der Waals surface area (Å²) in [6, 6.07) is 4.25. The van der Waals surface area contributed by atoms with E-state index in [1.807, 2.05) is 0 Å². The first kappa shape index (κ1) is 15.8. The van der Waals surface area contributed by atoms with Gasteiger partial charge in [-0.1, -0.05) is 52.6 Å². The molecule has 4 heteroatoms. The van der Waals surface area contributed by atoms with Crippen molar-refractivity contribution in [2.45, 2.75) is 32.6 Å². The third-order valence-corrected chi connectivity index (χ3v) is 8.06. The highest BCUT2D eigenvalue weighted by Gasteiger charge is 2.16. The Balaban J connectivity index is 2.09. The molecule has 6 rings (SSSR count). The van der Waals surface area contributed by atoms with Gasteiger partial charge >= 0.3 is 0 Å². The van der Waals surface area contributed by atoms with Gasteiger partial charge in [0.1, 0.15) is 0 Å². The second kappa shape index (κ2) is 6.59. The van der Waals surface area contributed by atoms with E-state index in [-0.39, 0.29) is 26.5 Å². The molecule has 0 atom stereocenters. The molecule has 1 aromatic rings. The van der Waals surface area contributed by atoms with Crippen molar-refractivity contribution in [3.05, 3.63) is 53.0 Å². The van der Waals surface area contributed by atoms with Gasteiger partial charge in [0.2, 0.25) is 0 Å². The maximum Gasteiger partial charge on any atom is 0.160 e. The summed E-state index contributed by atoms with van der Waals surface area (Å²) in [4.78, 5) is 12.0. The summed E-state index contributed by atoms with van der Waals surface area (Å²) in [6.07, 6.45) is 6.33. The number of hydrogen-bond acceptors (Lipinski definition) is 1. The number of ketones is 1. The van der Waals surface area contributed by atoms with E-state index in [4.69, 9.17) is 0 Å². The van der Waals surface area contributed by atoms with Crippen LogP contribution in [0.2, 0.25) is 0 Å². The minimum atomic E-state index is 0.0299. The van der Waals surface area contributed by atoms with Crippen LogP contribution in [-0.2, 0) is 12.8 Å². The molecule has 0 saturated carbocycles. The van der Waals surface area contributed by atoms with E-state index < -0.39 is 0 Å². The quantitative estimate of drug-likeness (QED) is 0.335. The molecule has 0 N–H and O–H groups in total. The Morgan fingerprint density at radius 1 is 1.10 bits per heavy atom. The van der Waals surface area contributed by atoms with Gasteiger partial charge in [0.25, 0.3) is 0 Å². The van der Waals surface area contributed by atoms with Crippen LogP contribution in [0.4, 0.5) is 0 Å². The first-order valence-corrected chi connectivity index (χ1v) is 10.8. The zero-order chi connectivity index (χ0) is 15.0. The molecule has 0 radical (unpaired) electrons. The average Bonchev–Trinajstić information content (AvgIpc) is 2.42. The minimum absolute atomic E-state index is 0.0299. The summed E-state index contributed by atoms with van der Waals surface area (Å²) >= 11 is 7.43. The van der Waals surface area contributed by atoms with E-state index in [1.165, 1.54) is 15.6 Å². The average molecular weight is 522 g/mol. The molecule has 3 aliphatic heterocycles. The fraction of sp³-hybridized carbons (Fsp3) is 0.294. The molecule has 4 bridgehead atoms. The molecular formula is C17H15Br2IO. The lowest BCUT2D eigenvalue weighted by molar-refractivity contribution is 0.101. The van der Waals surface area contributed by atoms with Crippen LogP contribution in [0.15, 0.2) is 36.3 Å². The van der Waals surface area contributed by atoms with Crippen molar-refractivity contribution in [2.75, 3.05) is 0 Å². The number of aryl methyl sites for hydroxylation is 2. The molecule has 1 nitrogen and oxygen atoms in total. The van der Waals surface area contributed by atoms with Crippen LogP contribution >= 0.6 is 52.6 Å². The van der Waals surface area contributed by atoms with E-state index >= 15 is 0 Å². The molecule has 0 aromatic heterocycles. The molecule has 0 amide bonds. The molecule has 21 heavy (non-hydrogen) atoms. The summed E-state index contributed by atoms with van der Waals surface area (Å²) in [5, 5.41) is 0. The molecule has 110 valence electrons. The Morgan fingerprint density at radius 2 is 1.86 bits per heavy atom. The van der Waals surface area contributed by atoms with Crippen LogP contribution in [0, 0.1) is 0 Å². The zero-order valence-electron chi connectivity index (χ0n) is 11.7. The summed E-state index contributed by atoms with van der Waals surface area (Å²) < 4.78 is 6.39. The predicted molar refractivity (Wildman–Crippen MR) is 105 cm³/mol. The Bertz CT molecular complexity index is 714. The normalized spacial score (nSPS) is 18.0. The molecule has 1 aromatic carbocycles. The Hall–Kier alpha value is -0.0700. The van der Waals surface area contributed by atoms with Gasteiger partial charge in [-0.25, -0.2) is 0 Å². The molecule has 0 unspecified atom stereocenters. The van der Waals surface area contributed by atoms with Crippen molar-refractivity contribution in [2.24, 2.45) is 0 Å². The SMILES string of the molecule is CC(=O)c1cc2c(Br)cc1CCC1=C(Br)C=C(CC2)I=C1. The number of hydrogen-bond donors (Lipinski definition) is 0. The number of carbonyl (C=O) groups is 1. The second-order valence-electron chi connectivity index (χ2n) is 5.34. The summed E-state index contributed by atoms with van der Waals surface area (Å²) in [5.41, 5.74) is 4.71. The van der Waals surface area contributed by atoms with Gasteiger partial charge in [-0.2, -0.15) is 0 Å². The number of rotatable bonds is 1. The maximum absolute atomic E-state index is 12.0. The van der Waals surface area contributed by atoms with E-state index in [2.05, 4.69) is 54.1 Å². The summed E-state index contributed by atoms with van der Waals surface area (Å²) in [5.74, 6) is 0.171. The smallest absolute Gasteiger partial charge is 0.160 e. The van der Waals surface area contributed by atoms with Crippen molar-refractivity contribution >= 4 is 62.4 Å². The van der Waals surface area contributed by atoms with Gasteiger partial charge in [0, 0.05) is 14.5 Å². The van der Waals surface area contributed by atoms with Crippen LogP contribution in [0.25, 0.3) is 0 Å². The minimum Gasteiger partial charge on any atom is -0.295 e. The lowest BCUT2D eigenvalue weighted by atomic mass is 9.94. The van der Waals surface area contributed by atoms with Gasteiger partial charge in [0.05, 0.1) is 0 Å². The molecule has 0 fully saturated rings. The third-order valence-electron chi connectivity index (χ3n) is 3.86. The summed E-state index contributed by atoms with van der Waals surface area (Å²) in [7, 11) is 0. The first-order valence-electron chi connectivity index (χ1n) is 6.92. The second-order valence-corrected chi connectivity index (χ2v) is 9.68. The van der Waals surface area contributed by atoms with E-state index in [0.717, 1.165) is 41.3 Å². The summed E-state index contributed by atoms with van der Waals surface area (Å²) in [6.45, 7) is 1.67. The lowest BCUT2D eigenvalue weighted by Crippen LogP contribution is -2.05. The first-order chi connectivity index (χ1) is 10.0. The van der Waals surface area contributed by atoms with Gasteiger partial charge in [-0.05, 0) is 75.1 Å². The lowest BCUT2D eigenvalue weighted by Gasteiger charge is -2.17. The molecule has 2 aliphatic carbocycles. The van der Waals surface area contributed by atoms with Crippen LogP contribution in [0.3, 0.4) is 0 Å². The van der Waals surface area contributed by atoms with Gasteiger partial charge < -0.3 is 0 Å². The molecule has 3 heterocycles. The Labute approximate surface area is 151 Å². The molecule has 5 aliphatic rings. The fourth-order valence-electron chi connectivity index (χ4n) is 2.66. The van der Waals surface area contributed by atoms with Crippen molar-refractivity contribution in [1.29, 1.82) is 0 Å². The third kappa shape index (κ3) is 3.48. The Kier molecular flexibility index (Phi) is 4.96. The molecule has 0 spiro atoms. The van der Waals surface area contributed by atoms with Crippen LogP contribution in [0.1, 0.15) is 41.3 Å². The number of carbonyl (C=O) groups excluding carboxylic acids is 1. The zero-order valence-corrected chi connectivity index (χ0v) is 17.0. The van der Waals surface area contributed by atoms with Crippen molar-refractivity contribution in [3.63, 3.8) is 0 Å². The number of benzene rings is 1. The Morgan fingerprint density at radius 3 is 2.57 bits per heavy atom. The van der Waals surface area contributed by atoms with Gasteiger partial charge in [0.15, 0.2) is 5.78 Å². The molecule has 0 saturated heterocycles. The highest BCUT2D eigenvalue weighted by molar-refractivity contribution is 14.2. The number of halogens is 3. The van der Waals surface area contributed by atoms with Crippen molar-refractivity contribution in [1.82, 2.24) is 0 Å². The highest BCUT2D eigenvalue weighted by Crippen LogP contribution is 2.35. The van der Waals surface area contributed by atoms with Crippen molar-refractivity contribution in [3.8, 4) is 0 Å². The van der Waals surface area contributed by atoms with Gasteiger partial charge in [-0.15, -0.1) is 0 Å². The van der Waals surface area contributed by atoms with Gasteiger partial charge in [-0.3, -0.25) is 4.79 Å². The maximum atomic E-state index is 12.0. The van der Waals surface area contributed by atoms with E-state index in [1.54, 1.807) is 10.5 Å². The predicted octanol–water partition coefficient (Wildman–Crippen LogP) is 5.85.